The average molecular weight is 465 g/mol. The topological polar surface area (TPSA) is 103 Å². The Morgan fingerprint density at radius 3 is 2.46 bits per heavy atom. The molecule has 4 aromatic heterocycles. The lowest BCUT2D eigenvalue weighted by Crippen LogP contribution is -2.42. The molecular weight excluding hydrogens is 440 g/mol. The van der Waals surface area contributed by atoms with Crippen LogP contribution < -0.4 is 10.9 Å². The number of nitriles is 1. The highest BCUT2D eigenvalue weighted by molar-refractivity contribution is 6.03. The number of hydrogen-bond donors (Lipinski definition) is 1. The molecule has 0 spiro atoms. The number of nitrogens with one attached hydrogen (secondary N) is 1. The average Bonchev–Trinajstić information content (AvgIpc) is 2.92. The van der Waals surface area contributed by atoms with Gasteiger partial charge in [-0.25, -0.2) is 4.98 Å². The lowest BCUT2D eigenvalue weighted by Gasteiger charge is -2.37. The van der Waals surface area contributed by atoms with E-state index in [2.05, 4.69) is 26.3 Å². The summed E-state index contributed by atoms with van der Waals surface area (Å²) < 4.78 is 1.51. The third-order valence-corrected chi connectivity index (χ3v) is 6.58. The molecule has 8 heteroatoms. The van der Waals surface area contributed by atoms with Gasteiger partial charge in [0.1, 0.15) is 16.8 Å². The molecule has 5 heterocycles. The van der Waals surface area contributed by atoms with Crippen molar-refractivity contribution in [1.82, 2.24) is 19.3 Å². The van der Waals surface area contributed by atoms with E-state index in [0.29, 0.717) is 38.3 Å². The van der Waals surface area contributed by atoms with Gasteiger partial charge < -0.3 is 5.32 Å². The Balaban J connectivity index is 1.42. The molecule has 0 aliphatic carbocycles. The maximum absolute atomic E-state index is 13.1. The molecule has 0 radical (unpaired) electrons. The van der Waals surface area contributed by atoms with Gasteiger partial charge in [-0.3, -0.25) is 23.9 Å². The second-order valence-electron chi connectivity index (χ2n) is 8.70. The molecule has 35 heavy (non-hydrogen) atoms. The minimum Gasteiger partial charge on any atom is -0.306 e. The van der Waals surface area contributed by atoms with Crippen molar-refractivity contribution in [1.29, 1.82) is 5.26 Å². The molecule has 0 aromatic carbocycles. The quantitative estimate of drug-likeness (QED) is 0.486. The van der Waals surface area contributed by atoms with Crippen LogP contribution in [0, 0.1) is 11.3 Å². The van der Waals surface area contributed by atoms with Crippen LogP contribution in [0.25, 0.3) is 5.52 Å². The number of fused-ring (bicyclic) bond motifs is 1. The fraction of sp³-hybridized carbons (Fsp3) is 0.222. The first-order valence-corrected chi connectivity index (χ1v) is 11.5. The Labute approximate surface area is 202 Å². The van der Waals surface area contributed by atoms with E-state index >= 15 is 0 Å². The molecule has 1 fully saturated rings. The van der Waals surface area contributed by atoms with Gasteiger partial charge >= 0.3 is 0 Å². The van der Waals surface area contributed by atoms with Crippen molar-refractivity contribution < 1.29 is 4.79 Å². The molecule has 1 saturated heterocycles. The molecule has 1 aliphatic rings. The number of anilines is 1. The van der Waals surface area contributed by atoms with E-state index < -0.39 is 11.3 Å². The smallest absolute Gasteiger partial charge is 0.267 e. The molecule has 0 atom stereocenters. The zero-order valence-corrected chi connectivity index (χ0v) is 19.1. The molecule has 5 rings (SSSR count). The van der Waals surface area contributed by atoms with Crippen molar-refractivity contribution in [2.75, 3.05) is 18.4 Å². The highest BCUT2D eigenvalue weighted by Crippen LogP contribution is 2.34. The molecule has 1 N–H and O–H groups in total. The molecule has 1 amide bonds. The zero-order valence-electron chi connectivity index (χ0n) is 19.1. The van der Waals surface area contributed by atoms with Crippen molar-refractivity contribution >= 4 is 17.2 Å². The van der Waals surface area contributed by atoms with E-state index in [9.17, 15) is 14.9 Å². The van der Waals surface area contributed by atoms with Crippen molar-refractivity contribution in [3.05, 3.63) is 106 Å². The monoisotopic (exact) mass is 464 g/mol. The predicted octanol–water partition coefficient (Wildman–Crippen LogP) is 3.40. The fourth-order valence-corrected chi connectivity index (χ4v) is 4.64. The van der Waals surface area contributed by atoms with Gasteiger partial charge in [-0.2, -0.15) is 5.26 Å². The van der Waals surface area contributed by atoms with Crippen LogP contribution in [0.1, 0.15) is 34.5 Å². The number of likely N-dealkylation sites (tertiary alicyclic amines) is 1. The van der Waals surface area contributed by atoms with Crippen LogP contribution in [0.3, 0.4) is 0 Å². The summed E-state index contributed by atoms with van der Waals surface area (Å²) in [5, 5.41) is 12.7. The number of piperidine rings is 1. The zero-order chi connectivity index (χ0) is 24.3. The maximum atomic E-state index is 13.1. The van der Waals surface area contributed by atoms with Gasteiger partial charge in [0.05, 0.1) is 17.3 Å². The third kappa shape index (κ3) is 4.42. The van der Waals surface area contributed by atoms with Gasteiger partial charge in [-0.05, 0) is 60.9 Å². The van der Waals surface area contributed by atoms with Crippen molar-refractivity contribution in [2.45, 2.75) is 24.8 Å². The number of carbonyl (C=O) groups is 1. The van der Waals surface area contributed by atoms with Gasteiger partial charge in [0.25, 0.3) is 11.5 Å². The first kappa shape index (κ1) is 22.4. The number of amides is 1. The van der Waals surface area contributed by atoms with Crippen molar-refractivity contribution in [2.24, 2.45) is 0 Å². The molecule has 0 bridgehead atoms. The Morgan fingerprint density at radius 2 is 1.77 bits per heavy atom. The number of pyridine rings is 4. The summed E-state index contributed by atoms with van der Waals surface area (Å²) in [7, 11) is 0. The maximum Gasteiger partial charge on any atom is 0.267 e. The second-order valence-corrected chi connectivity index (χ2v) is 8.70. The number of carbonyl (C=O) groups excluding carboxylic acids is 1. The SMILES string of the molecule is N#CC1(c2ccccn2)CCN(Cc2cc(C(=O)Nc3ccccn3)c(=O)n3ccccc23)CC1. The minimum absolute atomic E-state index is 0.0613. The first-order chi connectivity index (χ1) is 17.1. The highest BCUT2D eigenvalue weighted by Gasteiger charge is 2.37. The summed E-state index contributed by atoms with van der Waals surface area (Å²) in [6, 6.07) is 20.6. The lowest BCUT2D eigenvalue weighted by molar-refractivity contribution is 0.102. The van der Waals surface area contributed by atoms with Gasteiger partial charge in [-0.1, -0.05) is 18.2 Å². The van der Waals surface area contributed by atoms with Crippen LogP contribution in [0.4, 0.5) is 5.82 Å². The summed E-state index contributed by atoms with van der Waals surface area (Å²) in [6.45, 7) is 1.97. The molecule has 1 aliphatic heterocycles. The molecule has 4 aromatic rings. The Bertz CT molecular complexity index is 1450. The van der Waals surface area contributed by atoms with Gasteiger partial charge in [0, 0.05) is 38.2 Å². The number of rotatable bonds is 5. The first-order valence-electron chi connectivity index (χ1n) is 11.5. The standard InChI is InChI=1S/C27H24N6O2/c28-19-27(23-8-1-4-12-29-23)10-15-32(16-11-27)18-20-17-21(25(34)31-24-9-2-5-13-30-24)26(35)33-14-6-3-7-22(20)33/h1-9,12-14,17H,10-11,15-16,18H2,(H,30,31,34). The van der Waals surface area contributed by atoms with Gasteiger partial charge in [0.15, 0.2) is 0 Å². The Hall–Kier alpha value is -4.35. The van der Waals surface area contributed by atoms with Crippen LogP contribution in [0.5, 0.6) is 0 Å². The predicted molar refractivity (Wildman–Crippen MR) is 132 cm³/mol. The van der Waals surface area contributed by atoms with E-state index in [0.717, 1.165) is 16.8 Å². The summed E-state index contributed by atoms with van der Waals surface area (Å²) in [5.41, 5.74) is 1.53. The highest BCUT2D eigenvalue weighted by atomic mass is 16.2. The van der Waals surface area contributed by atoms with E-state index in [-0.39, 0.29) is 11.1 Å². The van der Waals surface area contributed by atoms with Gasteiger partial charge in [-0.15, -0.1) is 0 Å². The van der Waals surface area contributed by atoms with Crippen molar-refractivity contribution in [3.8, 4) is 6.07 Å². The summed E-state index contributed by atoms with van der Waals surface area (Å²) in [6.07, 6.45) is 6.32. The third-order valence-electron chi connectivity index (χ3n) is 6.58. The Morgan fingerprint density at radius 1 is 1.03 bits per heavy atom. The van der Waals surface area contributed by atoms with Crippen molar-refractivity contribution in [3.63, 3.8) is 0 Å². The molecule has 174 valence electrons. The van der Waals surface area contributed by atoms with E-state index in [1.54, 1.807) is 48.9 Å². The van der Waals surface area contributed by atoms with Crippen LogP contribution in [0.15, 0.2) is 84.0 Å². The van der Waals surface area contributed by atoms with E-state index in [4.69, 9.17) is 0 Å². The molecule has 8 nitrogen and oxygen atoms in total. The summed E-state index contributed by atoms with van der Waals surface area (Å²) in [4.78, 5) is 36.9. The summed E-state index contributed by atoms with van der Waals surface area (Å²) >= 11 is 0. The molecule has 0 unspecified atom stereocenters. The van der Waals surface area contributed by atoms with Crippen LogP contribution in [-0.2, 0) is 12.0 Å². The van der Waals surface area contributed by atoms with Gasteiger partial charge in [0.2, 0.25) is 0 Å². The van der Waals surface area contributed by atoms with Crippen LogP contribution in [-0.4, -0.2) is 38.3 Å². The molecular formula is C27H24N6O2. The van der Waals surface area contributed by atoms with Crippen LogP contribution >= 0.6 is 0 Å². The Kier molecular flexibility index (Phi) is 6.08. The minimum atomic E-state index is -0.596. The second kappa shape index (κ2) is 9.49. The molecule has 0 saturated carbocycles. The van der Waals surface area contributed by atoms with Crippen LogP contribution in [0.2, 0.25) is 0 Å². The number of aromatic nitrogens is 3. The lowest BCUT2D eigenvalue weighted by atomic mass is 9.76. The largest absolute Gasteiger partial charge is 0.306 e. The summed E-state index contributed by atoms with van der Waals surface area (Å²) in [5.74, 6) is -0.111. The fourth-order valence-electron chi connectivity index (χ4n) is 4.64. The van der Waals surface area contributed by atoms with E-state index in [1.165, 1.54) is 4.40 Å². The number of hydrogen-bond acceptors (Lipinski definition) is 6. The normalized spacial score (nSPS) is 15.4. The van der Waals surface area contributed by atoms with E-state index in [1.807, 2.05) is 30.3 Å². The number of nitrogens with zero attached hydrogens (tertiary/aromatic N) is 5.